The third-order valence-electron chi connectivity index (χ3n) is 3.44. The summed E-state index contributed by atoms with van der Waals surface area (Å²) in [6.45, 7) is 0. The number of hydrogen-bond donors (Lipinski definition) is 1. The maximum Gasteiger partial charge on any atom is 0.288 e. The van der Waals surface area contributed by atoms with E-state index in [1.807, 2.05) is 30.3 Å². The highest BCUT2D eigenvalue weighted by Gasteiger charge is 2.13. The molecule has 0 fully saturated rings. The van der Waals surface area contributed by atoms with Gasteiger partial charge in [0.05, 0.1) is 5.69 Å². The van der Waals surface area contributed by atoms with Crippen molar-refractivity contribution in [1.82, 2.24) is 10.1 Å². The number of carbonyl (C=O) groups is 1. The second kappa shape index (κ2) is 8.57. The van der Waals surface area contributed by atoms with Gasteiger partial charge in [-0.3, -0.25) is 4.79 Å². The fourth-order valence-electron chi connectivity index (χ4n) is 2.26. The molecule has 0 aliphatic heterocycles. The van der Waals surface area contributed by atoms with Crippen LogP contribution in [0, 0.1) is 0 Å². The zero-order chi connectivity index (χ0) is 18.4. The van der Waals surface area contributed by atoms with Gasteiger partial charge in [-0.1, -0.05) is 59.4 Å². The summed E-state index contributed by atoms with van der Waals surface area (Å²) in [7, 11) is 0. The van der Waals surface area contributed by atoms with E-state index in [2.05, 4.69) is 15.5 Å². The molecule has 0 aliphatic rings. The van der Waals surface area contributed by atoms with Gasteiger partial charge in [-0.2, -0.15) is 13.8 Å². The van der Waals surface area contributed by atoms with Gasteiger partial charge in [0.1, 0.15) is 0 Å². The highest BCUT2D eigenvalue weighted by Crippen LogP contribution is 2.31. The molecule has 134 valence electrons. The van der Waals surface area contributed by atoms with Gasteiger partial charge in [0.25, 0.3) is 5.76 Å². The zero-order valence-electron chi connectivity index (χ0n) is 13.6. The van der Waals surface area contributed by atoms with Gasteiger partial charge >= 0.3 is 0 Å². The highest BCUT2D eigenvalue weighted by atomic mass is 32.2. The number of thioether (sulfide) groups is 1. The average Bonchev–Trinajstić information content (AvgIpc) is 3.11. The molecule has 0 radical (unpaired) electrons. The van der Waals surface area contributed by atoms with Crippen LogP contribution in [0.1, 0.15) is 12.3 Å². The molecular weight excluding hydrogens is 360 g/mol. The van der Waals surface area contributed by atoms with Crippen molar-refractivity contribution in [1.29, 1.82) is 0 Å². The summed E-state index contributed by atoms with van der Waals surface area (Å²) < 4.78 is 30.3. The quantitative estimate of drug-likeness (QED) is 0.610. The Hall–Kier alpha value is -2.74. The van der Waals surface area contributed by atoms with Crippen molar-refractivity contribution in [3.63, 3.8) is 0 Å². The molecule has 0 atom stereocenters. The molecule has 2 aromatic carbocycles. The molecule has 0 saturated carbocycles. The van der Waals surface area contributed by atoms with Crippen molar-refractivity contribution >= 4 is 23.4 Å². The molecule has 1 N–H and O–H groups in total. The van der Waals surface area contributed by atoms with Gasteiger partial charge in [0, 0.05) is 23.3 Å². The lowest BCUT2D eigenvalue weighted by Crippen LogP contribution is -2.13. The average molecular weight is 375 g/mol. The van der Waals surface area contributed by atoms with E-state index in [1.54, 1.807) is 18.2 Å². The Morgan fingerprint density at radius 1 is 1.12 bits per heavy atom. The summed E-state index contributed by atoms with van der Waals surface area (Å²) in [4.78, 5) is 16.7. The largest absolute Gasteiger partial charge is 0.339 e. The maximum absolute atomic E-state index is 12.6. The molecule has 3 aromatic rings. The number of para-hydroxylation sites is 1. The smallest absolute Gasteiger partial charge is 0.288 e. The minimum atomic E-state index is -2.55. The summed E-state index contributed by atoms with van der Waals surface area (Å²) in [5, 5.41) is 6.53. The van der Waals surface area contributed by atoms with E-state index in [0.29, 0.717) is 34.1 Å². The molecule has 0 saturated heterocycles. The molecule has 1 heterocycles. The van der Waals surface area contributed by atoms with Gasteiger partial charge in [0.15, 0.2) is 0 Å². The maximum atomic E-state index is 12.6. The Morgan fingerprint density at radius 2 is 1.85 bits per heavy atom. The molecular formula is C18H15F2N3O2S. The number of alkyl halides is 2. The van der Waals surface area contributed by atoms with Gasteiger partial charge in [-0.15, -0.1) is 0 Å². The van der Waals surface area contributed by atoms with E-state index in [9.17, 15) is 13.6 Å². The van der Waals surface area contributed by atoms with Crippen molar-refractivity contribution in [3.8, 4) is 11.4 Å². The Balaban J connectivity index is 1.58. The topological polar surface area (TPSA) is 68.0 Å². The number of amides is 1. The van der Waals surface area contributed by atoms with Crippen LogP contribution in [-0.4, -0.2) is 21.8 Å². The summed E-state index contributed by atoms with van der Waals surface area (Å²) in [5.41, 5.74) is 1.18. The van der Waals surface area contributed by atoms with Gasteiger partial charge in [-0.05, 0) is 12.1 Å². The monoisotopic (exact) mass is 375 g/mol. The van der Waals surface area contributed by atoms with Gasteiger partial charge in [-0.25, -0.2) is 0 Å². The van der Waals surface area contributed by atoms with Crippen molar-refractivity contribution in [3.05, 3.63) is 60.5 Å². The predicted molar refractivity (Wildman–Crippen MR) is 95.0 cm³/mol. The van der Waals surface area contributed by atoms with Crippen LogP contribution in [0.25, 0.3) is 11.4 Å². The summed E-state index contributed by atoms with van der Waals surface area (Å²) >= 11 is 0.394. The Kier molecular flexibility index (Phi) is 5.96. The first-order valence-electron chi connectivity index (χ1n) is 7.83. The third-order valence-corrected chi connectivity index (χ3v) is 4.23. The molecule has 1 aromatic heterocycles. The molecule has 0 spiro atoms. The van der Waals surface area contributed by atoms with E-state index in [4.69, 9.17) is 4.52 Å². The normalized spacial score (nSPS) is 10.9. The van der Waals surface area contributed by atoms with Crippen LogP contribution in [0.3, 0.4) is 0 Å². The number of nitrogens with one attached hydrogen (secondary N) is 1. The number of halogens is 2. The first kappa shape index (κ1) is 18.1. The van der Waals surface area contributed by atoms with Crippen molar-refractivity contribution < 1.29 is 18.1 Å². The minimum absolute atomic E-state index is 0.101. The first-order valence-corrected chi connectivity index (χ1v) is 8.71. The lowest BCUT2D eigenvalue weighted by atomic mass is 10.2. The number of rotatable bonds is 7. The molecule has 0 bridgehead atoms. The minimum Gasteiger partial charge on any atom is -0.339 e. The Bertz CT molecular complexity index is 872. The predicted octanol–water partition coefficient (Wildman–Crippen LogP) is 4.62. The van der Waals surface area contributed by atoms with E-state index in [0.717, 1.165) is 5.56 Å². The molecule has 5 nitrogen and oxygen atoms in total. The van der Waals surface area contributed by atoms with Crippen LogP contribution in [0.15, 0.2) is 64.0 Å². The summed E-state index contributed by atoms with van der Waals surface area (Å²) in [5.74, 6) is -2.07. The van der Waals surface area contributed by atoms with Crippen LogP contribution >= 0.6 is 11.8 Å². The molecule has 0 unspecified atom stereocenters. The van der Waals surface area contributed by atoms with Crippen LogP contribution in [-0.2, 0) is 11.2 Å². The number of nitrogens with zero attached hydrogens (tertiary/aromatic N) is 2. The van der Waals surface area contributed by atoms with E-state index in [-0.39, 0.29) is 18.7 Å². The SMILES string of the molecule is O=C(CCc1nc(-c2ccccc2)no1)Nc1ccccc1SC(F)F. The van der Waals surface area contributed by atoms with Gasteiger partial charge in [0.2, 0.25) is 17.6 Å². The molecule has 1 amide bonds. The Labute approximate surface area is 152 Å². The number of carbonyl (C=O) groups excluding carboxylic acids is 1. The van der Waals surface area contributed by atoms with E-state index < -0.39 is 5.76 Å². The number of hydrogen-bond acceptors (Lipinski definition) is 5. The first-order chi connectivity index (χ1) is 12.6. The molecule has 26 heavy (non-hydrogen) atoms. The third kappa shape index (κ3) is 4.89. The summed E-state index contributed by atoms with van der Waals surface area (Å²) in [6.07, 6.45) is 0.361. The Morgan fingerprint density at radius 3 is 2.62 bits per heavy atom. The highest BCUT2D eigenvalue weighted by molar-refractivity contribution is 7.99. The van der Waals surface area contributed by atoms with Gasteiger partial charge < -0.3 is 9.84 Å². The molecule has 0 aliphatic carbocycles. The van der Waals surface area contributed by atoms with E-state index >= 15 is 0 Å². The summed E-state index contributed by atoms with van der Waals surface area (Å²) in [6, 6.07) is 15.8. The number of anilines is 1. The second-order valence-corrected chi connectivity index (χ2v) is 6.33. The number of aromatic nitrogens is 2. The standard InChI is InChI=1S/C18H15F2N3O2S/c19-18(20)26-14-9-5-4-8-13(14)21-15(24)10-11-16-22-17(23-25-16)12-6-2-1-3-7-12/h1-9,18H,10-11H2,(H,21,24). The van der Waals surface area contributed by atoms with Crippen LogP contribution in [0.4, 0.5) is 14.5 Å². The van der Waals surface area contributed by atoms with Crippen LogP contribution in [0.2, 0.25) is 0 Å². The molecule has 3 rings (SSSR count). The van der Waals surface area contributed by atoms with Crippen LogP contribution in [0.5, 0.6) is 0 Å². The lowest BCUT2D eigenvalue weighted by Gasteiger charge is -2.09. The second-order valence-electron chi connectivity index (χ2n) is 5.30. The van der Waals surface area contributed by atoms with Crippen LogP contribution < -0.4 is 5.32 Å². The number of benzene rings is 2. The van der Waals surface area contributed by atoms with Crippen molar-refractivity contribution in [2.24, 2.45) is 0 Å². The zero-order valence-corrected chi connectivity index (χ0v) is 14.4. The fraction of sp³-hybridized carbons (Fsp3) is 0.167. The fourth-order valence-corrected chi connectivity index (χ4v) is 2.86. The van der Waals surface area contributed by atoms with E-state index in [1.165, 1.54) is 6.07 Å². The van der Waals surface area contributed by atoms with Crippen molar-refractivity contribution in [2.75, 3.05) is 5.32 Å². The molecule has 8 heteroatoms. The number of aryl methyl sites for hydroxylation is 1. The van der Waals surface area contributed by atoms with Crippen molar-refractivity contribution in [2.45, 2.75) is 23.5 Å². The lowest BCUT2D eigenvalue weighted by molar-refractivity contribution is -0.116.